The van der Waals surface area contributed by atoms with Crippen molar-refractivity contribution in [1.29, 1.82) is 0 Å². The van der Waals surface area contributed by atoms with Crippen molar-refractivity contribution in [2.24, 2.45) is 5.92 Å². The van der Waals surface area contributed by atoms with Crippen LogP contribution in [0.3, 0.4) is 0 Å². The molecular formula is C6H13P. The van der Waals surface area contributed by atoms with Crippen molar-refractivity contribution in [2.75, 3.05) is 6.66 Å². The Kier molecular flexibility index (Phi) is 4.44. The fourth-order valence-electron chi connectivity index (χ4n) is 0.360. The van der Waals surface area contributed by atoms with Crippen LogP contribution in [-0.4, -0.2) is 12.5 Å². The van der Waals surface area contributed by atoms with Gasteiger partial charge in [0, 0.05) is 0 Å². The van der Waals surface area contributed by atoms with Gasteiger partial charge in [0.1, 0.15) is 0 Å². The third-order valence-corrected chi connectivity index (χ3v) is 1.85. The molecule has 1 heteroatoms. The fraction of sp³-hybridized carbons (Fsp3) is 0.833. The summed E-state index contributed by atoms with van der Waals surface area (Å²) < 4.78 is 0. The van der Waals surface area contributed by atoms with Crippen LogP contribution in [0.15, 0.2) is 0 Å². The molecule has 0 aromatic heterocycles. The van der Waals surface area contributed by atoms with E-state index >= 15 is 0 Å². The zero-order valence-corrected chi connectivity index (χ0v) is 6.20. The summed E-state index contributed by atoms with van der Waals surface area (Å²) in [4.78, 5) is 0. The van der Waals surface area contributed by atoms with Crippen molar-refractivity contribution in [1.82, 2.24) is 0 Å². The first kappa shape index (κ1) is 7.17. The maximum atomic E-state index is 2.32. The molecule has 0 amide bonds. The summed E-state index contributed by atoms with van der Waals surface area (Å²) in [7, 11) is 1.41. The van der Waals surface area contributed by atoms with Crippen LogP contribution in [0.5, 0.6) is 0 Å². The highest BCUT2D eigenvalue weighted by Gasteiger charge is 1.86. The van der Waals surface area contributed by atoms with Gasteiger partial charge in [0.2, 0.25) is 0 Å². The predicted molar refractivity (Wildman–Crippen MR) is 38.4 cm³/mol. The number of hydrogen-bond acceptors (Lipinski definition) is 0. The average molecular weight is 116 g/mol. The van der Waals surface area contributed by atoms with Crippen molar-refractivity contribution < 1.29 is 0 Å². The van der Waals surface area contributed by atoms with Gasteiger partial charge < -0.3 is 0 Å². The molecule has 0 aliphatic rings. The van der Waals surface area contributed by atoms with Crippen LogP contribution in [-0.2, 0) is 0 Å². The second-order valence-corrected chi connectivity index (χ2v) is 2.61. The van der Waals surface area contributed by atoms with Crippen LogP contribution < -0.4 is 0 Å². The molecule has 0 saturated heterocycles. The Morgan fingerprint density at radius 3 is 2.43 bits per heavy atom. The quantitative estimate of drug-likeness (QED) is 0.486. The highest BCUT2D eigenvalue weighted by molar-refractivity contribution is 7.37. The van der Waals surface area contributed by atoms with Gasteiger partial charge in [-0.1, -0.05) is 19.6 Å². The van der Waals surface area contributed by atoms with Gasteiger partial charge in [0.15, 0.2) is 0 Å². The van der Waals surface area contributed by atoms with E-state index in [0.717, 1.165) is 5.92 Å². The molecule has 42 valence electrons. The Hall–Kier alpha value is 0.170. The van der Waals surface area contributed by atoms with E-state index in [1.54, 1.807) is 0 Å². The first-order valence-corrected chi connectivity index (χ1v) is 4.14. The molecule has 0 heterocycles. The number of hydrogen-bond donors (Lipinski definition) is 0. The minimum absolute atomic E-state index is 0.812. The topological polar surface area (TPSA) is 0 Å². The SMILES string of the molecule is CC[C@H](C)/C=P/C. The van der Waals surface area contributed by atoms with E-state index in [2.05, 4.69) is 26.3 Å². The molecule has 0 aliphatic heterocycles. The summed E-state index contributed by atoms with van der Waals surface area (Å²) in [5.74, 6) is 3.13. The van der Waals surface area contributed by atoms with Gasteiger partial charge in [-0.05, 0) is 19.0 Å². The van der Waals surface area contributed by atoms with Crippen LogP contribution in [0.25, 0.3) is 0 Å². The minimum atomic E-state index is 0.812. The summed E-state index contributed by atoms with van der Waals surface area (Å²) in [5, 5.41) is 0. The monoisotopic (exact) mass is 116 g/mol. The normalized spacial score (nSPS) is 15.3. The maximum Gasteiger partial charge on any atom is -0.0221 e. The summed E-state index contributed by atoms with van der Waals surface area (Å²) in [6.45, 7) is 6.62. The van der Waals surface area contributed by atoms with Gasteiger partial charge in [-0.2, -0.15) is 0 Å². The summed E-state index contributed by atoms with van der Waals surface area (Å²) >= 11 is 0. The van der Waals surface area contributed by atoms with E-state index in [0.29, 0.717) is 0 Å². The summed E-state index contributed by atoms with van der Waals surface area (Å²) in [6, 6.07) is 0. The zero-order valence-electron chi connectivity index (χ0n) is 5.31. The summed E-state index contributed by atoms with van der Waals surface area (Å²) in [6.07, 6.45) is 1.28. The van der Waals surface area contributed by atoms with Crippen molar-refractivity contribution in [3.8, 4) is 0 Å². The van der Waals surface area contributed by atoms with Gasteiger partial charge in [-0.25, -0.2) is 0 Å². The first-order chi connectivity index (χ1) is 3.31. The van der Waals surface area contributed by atoms with Gasteiger partial charge in [-0.3, -0.25) is 0 Å². The molecule has 0 aromatic carbocycles. The smallest absolute Gasteiger partial charge is 0.0221 e. The lowest BCUT2D eigenvalue weighted by molar-refractivity contribution is 0.762. The molecule has 0 spiro atoms. The molecule has 0 fully saturated rings. The Balaban J connectivity index is 3.16. The maximum absolute atomic E-state index is 2.32. The lowest BCUT2D eigenvalue weighted by atomic mass is 10.2. The molecular weight excluding hydrogens is 103 g/mol. The van der Waals surface area contributed by atoms with E-state index < -0.39 is 0 Å². The third-order valence-electron chi connectivity index (χ3n) is 1.05. The molecule has 0 saturated carbocycles. The molecule has 0 nitrogen and oxygen atoms in total. The van der Waals surface area contributed by atoms with Crippen LogP contribution >= 0.6 is 8.20 Å². The van der Waals surface area contributed by atoms with Gasteiger partial charge in [-0.15, -0.1) is 8.20 Å². The molecule has 0 aliphatic carbocycles. The minimum Gasteiger partial charge on any atom is -0.112 e. The average Bonchev–Trinajstić information content (AvgIpc) is 1.68. The standard InChI is InChI=1S/C6H13P/c1-4-6(2)5-7-3/h5-6H,4H2,1-3H3/t6-/m0/s1. The molecule has 0 bridgehead atoms. The Morgan fingerprint density at radius 2 is 2.29 bits per heavy atom. The van der Waals surface area contributed by atoms with Crippen molar-refractivity contribution in [3.63, 3.8) is 0 Å². The van der Waals surface area contributed by atoms with E-state index in [1.807, 2.05) is 0 Å². The second-order valence-electron chi connectivity index (χ2n) is 1.79. The van der Waals surface area contributed by atoms with E-state index in [4.69, 9.17) is 0 Å². The van der Waals surface area contributed by atoms with Crippen molar-refractivity contribution in [2.45, 2.75) is 20.3 Å². The molecule has 0 rings (SSSR count). The Labute approximate surface area is 47.7 Å². The molecule has 0 radical (unpaired) electrons. The molecule has 0 unspecified atom stereocenters. The predicted octanol–water partition coefficient (Wildman–Crippen LogP) is 2.41. The van der Waals surface area contributed by atoms with Crippen LogP contribution in [0.4, 0.5) is 0 Å². The zero-order chi connectivity index (χ0) is 5.70. The Bertz CT molecular complexity index is 57.2. The highest BCUT2D eigenvalue weighted by atomic mass is 31.1. The van der Waals surface area contributed by atoms with Crippen LogP contribution in [0.1, 0.15) is 20.3 Å². The van der Waals surface area contributed by atoms with Crippen LogP contribution in [0.2, 0.25) is 0 Å². The highest BCUT2D eigenvalue weighted by Crippen LogP contribution is 1.99. The van der Waals surface area contributed by atoms with E-state index in [9.17, 15) is 0 Å². The molecule has 1 atom stereocenters. The molecule has 0 aromatic rings. The number of rotatable bonds is 2. The third kappa shape index (κ3) is 4.01. The lowest BCUT2D eigenvalue weighted by Gasteiger charge is -1.95. The summed E-state index contributed by atoms with van der Waals surface area (Å²) in [5.41, 5.74) is 0. The van der Waals surface area contributed by atoms with Gasteiger partial charge in [0.05, 0.1) is 0 Å². The Morgan fingerprint density at radius 1 is 1.71 bits per heavy atom. The van der Waals surface area contributed by atoms with Gasteiger partial charge >= 0.3 is 0 Å². The van der Waals surface area contributed by atoms with E-state index in [-0.39, 0.29) is 0 Å². The largest absolute Gasteiger partial charge is 0.112 e. The van der Waals surface area contributed by atoms with Crippen LogP contribution in [0, 0.1) is 5.92 Å². The van der Waals surface area contributed by atoms with Crippen molar-refractivity contribution >= 4 is 14.0 Å². The van der Waals surface area contributed by atoms with Gasteiger partial charge in [0.25, 0.3) is 0 Å². The fourth-order valence-corrected chi connectivity index (χ4v) is 1.08. The molecule has 0 N–H and O–H groups in total. The lowest BCUT2D eigenvalue weighted by Crippen LogP contribution is -1.88. The van der Waals surface area contributed by atoms with E-state index in [1.165, 1.54) is 14.6 Å². The first-order valence-electron chi connectivity index (χ1n) is 2.73. The second kappa shape index (κ2) is 4.33. The van der Waals surface area contributed by atoms with Crippen molar-refractivity contribution in [3.05, 3.63) is 0 Å². The molecule has 7 heavy (non-hydrogen) atoms.